The van der Waals surface area contributed by atoms with E-state index in [1.54, 1.807) is 48.5 Å². The lowest BCUT2D eigenvalue weighted by Crippen LogP contribution is -2.14. The maximum Gasteiger partial charge on any atom is 0.338 e. The summed E-state index contributed by atoms with van der Waals surface area (Å²) in [6.07, 6.45) is 0. The number of benzene rings is 3. The zero-order chi connectivity index (χ0) is 19.9. The second-order valence-electron chi connectivity index (χ2n) is 6.28. The van der Waals surface area contributed by atoms with Crippen molar-refractivity contribution < 1.29 is 19.1 Å². The van der Waals surface area contributed by atoms with Crippen molar-refractivity contribution in [3.8, 4) is 5.75 Å². The highest BCUT2D eigenvalue weighted by Gasteiger charge is 2.14. The molecule has 0 aliphatic rings. The molecule has 5 heteroatoms. The molecule has 28 heavy (non-hydrogen) atoms. The second kappa shape index (κ2) is 9.20. The Hall–Kier alpha value is -3.11. The molecule has 0 unspecified atom stereocenters. The van der Waals surface area contributed by atoms with Crippen LogP contribution < -0.4 is 4.74 Å². The van der Waals surface area contributed by atoms with Crippen LogP contribution in [0.25, 0.3) is 0 Å². The molecule has 3 aromatic carbocycles. The number of ketones is 1. The Morgan fingerprint density at radius 2 is 1.68 bits per heavy atom. The van der Waals surface area contributed by atoms with E-state index in [9.17, 15) is 9.59 Å². The minimum atomic E-state index is -0.563. The van der Waals surface area contributed by atoms with E-state index in [2.05, 4.69) is 0 Å². The van der Waals surface area contributed by atoms with E-state index in [0.29, 0.717) is 22.8 Å². The largest absolute Gasteiger partial charge is 0.489 e. The van der Waals surface area contributed by atoms with Crippen LogP contribution in [0.5, 0.6) is 5.75 Å². The maximum absolute atomic E-state index is 12.2. The average molecular weight is 395 g/mol. The van der Waals surface area contributed by atoms with Crippen LogP contribution in [0.3, 0.4) is 0 Å². The quantitative estimate of drug-likeness (QED) is 0.404. The molecule has 0 N–H and O–H groups in total. The SMILES string of the molecule is Cc1cccc(OCc2ccc(C(=O)OCC(=O)c3ccccc3Cl)cc2)c1. The Balaban J connectivity index is 1.53. The fourth-order valence-electron chi connectivity index (χ4n) is 2.59. The predicted molar refractivity (Wildman–Crippen MR) is 108 cm³/mol. The lowest BCUT2D eigenvalue weighted by atomic mass is 10.1. The number of hydrogen-bond acceptors (Lipinski definition) is 4. The highest BCUT2D eigenvalue weighted by molar-refractivity contribution is 6.34. The van der Waals surface area contributed by atoms with Gasteiger partial charge in [0.2, 0.25) is 5.78 Å². The van der Waals surface area contributed by atoms with Crippen molar-refractivity contribution in [2.75, 3.05) is 6.61 Å². The van der Waals surface area contributed by atoms with Crippen LogP contribution in [0.1, 0.15) is 31.8 Å². The monoisotopic (exact) mass is 394 g/mol. The standard InChI is InChI=1S/C23H19ClO4/c1-16-5-4-6-19(13-16)27-14-17-9-11-18(12-10-17)23(26)28-15-22(25)20-7-2-3-8-21(20)24/h2-13H,14-15H2,1H3. The van der Waals surface area contributed by atoms with Crippen LogP contribution in [0.2, 0.25) is 5.02 Å². The number of Topliss-reactive ketones (excluding diaryl/α,β-unsaturated/α-hetero) is 1. The molecule has 0 aromatic heterocycles. The molecule has 0 aliphatic carbocycles. The molecule has 0 spiro atoms. The van der Waals surface area contributed by atoms with Gasteiger partial charge in [0.25, 0.3) is 0 Å². The van der Waals surface area contributed by atoms with E-state index in [0.717, 1.165) is 16.9 Å². The Morgan fingerprint density at radius 3 is 2.39 bits per heavy atom. The normalized spacial score (nSPS) is 10.4. The topological polar surface area (TPSA) is 52.6 Å². The van der Waals surface area contributed by atoms with Gasteiger partial charge in [-0.15, -0.1) is 0 Å². The summed E-state index contributed by atoms with van der Waals surface area (Å²) in [5, 5.41) is 0.335. The number of carbonyl (C=O) groups excluding carboxylic acids is 2. The molecule has 0 amide bonds. The third kappa shape index (κ3) is 5.21. The van der Waals surface area contributed by atoms with Crippen molar-refractivity contribution in [2.24, 2.45) is 0 Å². The summed E-state index contributed by atoms with van der Waals surface area (Å²) < 4.78 is 10.8. The summed E-state index contributed by atoms with van der Waals surface area (Å²) in [7, 11) is 0. The van der Waals surface area contributed by atoms with Gasteiger partial charge in [-0.25, -0.2) is 4.79 Å². The Morgan fingerprint density at radius 1 is 0.929 bits per heavy atom. The first kappa shape index (κ1) is 19.6. The average Bonchev–Trinajstić information content (AvgIpc) is 2.71. The van der Waals surface area contributed by atoms with Crippen molar-refractivity contribution >= 4 is 23.4 Å². The van der Waals surface area contributed by atoms with E-state index < -0.39 is 5.97 Å². The van der Waals surface area contributed by atoms with Crippen LogP contribution in [0.4, 0.5) is 0 Å². The molecular formula is C23H19ClO4. The lowest BCUT2D eigenvalue weighted by molar-refractivity contribution is 0.0474. The van der Waals surface area contributed by atoms with Gasteiger partial charge in [0.1, 0.15) is 12.4 Å². The minimum Gasteiger partial charge on any atom is -0.489 e. The van der Waals surface area contributed by atoms with Gasteiger partial charge in [-0.1, -0.05) is 48.0 Å². The van der Waals surface area contributed by atoms with Crippen LogP contribution >= 0.6 is 11.6 Å². The summed E-state index contributed by atoms with van der Waals surface area (Å²) in [5.41, 5.74) is 2.75. The molecule has 0 saturated carbocycles. The van der Waals surface area contributed by atoms with E-state index in [1.807, 2.05) is 31.2 Å². The summed E-state index contributed by atoms with van der Waals surface area (Å²) in [6, 6.07) is 21.3. The fourth-order valence-corrected chi connectivity index (χ4v) is 2.83. The number of aryl methyl sites for hydroxylation is 1. The molecule has 0 saturated heterocycles. The van der Waals surface area contributed by atoms with Gasteiger partial charge >= 0.3 is 5.97 Å². The van der Waals surface area contributed by atoms with Gasteiger partial charge in [-0.2, -0.15) is 0 Å². The van der Waals surface area contributed by atoms with Crippen LogP contribution in [-0.4, -0.2) is 18.4 Å². The van der Waals surface area contributed by atoms with E-state index in [-0.39, 0.29) is 12.4 Å². The van der Waals surface area contributed by atoms with Crippen LogP contribution in [0, 0.1) is 6.92 Å². The van der Waals surface area contributed by atoms with E-state index in [4.69, 9.17) is 21.1 Å². The predicted octanol–water partition coefficient (Wildman–Crippen LogP) is 5.27. The highest BCUT2D eigenvalue weighted by atomic mass is 35.5. The minimum absolute atomic E-state index is 0.334. The number of esters is 1. The summed E-state index contributed by atoms with van der Waals surface area (Å²) in [4.78, 5) is 24.3. The van der Waals surface area contributed by atoms with Gasteiger partial charge in [0.05, 0.1) is 10.6 Å². The smallest absolute Gasteiger partial charge is 0.338 e. The maximum atomic E-state index is 12.2. The van der Waals surface area contributed by atoms with Crippen molar-refractivity contribution in [1.82, 2.24) is 0 Å². The molecule has 0 bridgehead atoms. The van der Waals surface area contributed by atoms with Crippen molar-refractivity contribution in [2.45, 2.75) is 13.5 Å². The van der Waals surface area contributed by atoms with Crippen LogP contribution in [0.15, 0.2) is 72.8 Å². The van der Waals surface area contributed by atoms with Crippen molar-refractivity contribution in [3.05, 3.63) is 100 Å². The third-order valence-corrected chi connectivity index (χ3v) is 4.42. The van der Waals surface area contributed by atoms with E-state index in [1.165, 1.54) is 0 Å². The summed E-state index contributed by atoms with van der Waals surface area (Å²) in [6.45, 7) is 2.04. The first-order chi connectivity index (χ1) is 13.5. The molecule has 3 aromatic rings. The molecule has 0 atom stereocenters. The fraction of sp³-hybridized carbons (Fsp3) is 0.130. The van der Waals surface area contributed by atoms with Crippen molar-refractivity contribution in [3.63, 3.8) is 0 Å². The summed E-state index contributed by atoms with van der Waals surface area (Å²) in [5.74, 6) is -0.116. The zero-order valence-electron chi connectivity index (χ0n) is 15.4. The Bertz CT molecular complexity index is 980. The van der Waals surface area contributed by atoms with Gasteiger partial charge in [-0.3, -0.25) is 4.79 Å². The molecule has 4 nitrogen and oxygen atoms in total. The Kier molecular flexibility index (Phi) is 6.45. The lowest BCUT2D eigenvalue weighted by Gasteiger charge is -2.08. The van der Waals surface area contributed by atoms with Gasteiger partial charge < -0.3 is 9.47 Å². The number of rotatable bonds is 7. The highest BCUT2D eigenvalue weighted by Crippen LogP contribution is 2.17. The van der Waals surface area contributed by atoms with Gasteiger partial charge in [-0.05, 0) is 54.4 Å². The van der Waals surface area contributed by atoms with Crippen molar-refractivity contribution in [1.29, 1.82) is 0 Å². The number of hydrogen-bond donors (Lipinski definition) is 0. The molecular weight excluding hydrogens is 376 g/mol. The van der Waals surface area contributed by atoms with Crippen LogP contribution in [-0.2, 0) is 11.3 Å². The third-order valence-electron chi connectivity index (χ3n) is 4.09. The molecule has 3 rings (SSSR count). The zero-order valence-corrected chi connectivity index (χ0v) is 16.1. The molecule has 0 heterocycles. The molecule has 0 aliphatic heterocycles. The Labute approximate surface area is 168 Å². The van der Waals surface area contributed by atoms with Gasteiger partial charge in [0.15, 0.2) is 6.61 Å². The molecule has 0 fully saturated rings. The first-order valence-electron chi connectivity index (χ1n) is 8.76. The first-order valence-corrected chi connectivity index (χ1v) is 9.14. The second-order valence-corrected chi connectivity index (χ2v) is 6.69. The van der Waals surface area contributed by atoms with Gasteiger partial charge in [0, 0.05) is 5.56 Å². The molecule has 142 valence electrons. The number of ether oxygens (including phenoxy) is 2. The summed E-state index contributed by atoms with van der Waals surface area (Å²) >= 11 is 5.98. The van der Waals surface area contributed by atoms with E-state index >= 15 is 0 Å². The number of carbonyl (C=O) groups is 2. The molecule has 0 radical (unpaired) electrons. The number of halogens is 1.